The van der Waals surface area contributed by atoms with Gasteiger partial charge in [-0.15, -0.1) is 3.96 Å². The van der Waals surface area contributed by atoms with Crippen molar-refractivity contribution in [2.24, 2.45) is 14.1 Å². The Bertz CT molecular complexity index is 1420. The first-order valence-electron chi connectivity index (χ1n) is 8.10. The van der Waals surface area contributed by atoms with Crippen LogP contribution in [0.2, 0.25) is 0 Å². The maximum Gasteiger partial charge on any atom is 0.316 e. The molecule has 3 nitrogen and oxygen atoms in total. The Morgan fingerprint density at radius 3 is 2.62 bits per heavy atom. The number of hydrogen-bond acceptors (Lipinski definition) is 1. The molecule has 4 aromatic heterocycles. The quantitative estimate of drug-likeness (QED) is 0.377. The number of fused-ring (bicyclic) bond motifs is 5. The maximum atomic E-state index is 2.45. The molecule has 0 atom stereocenters. The number of benzene rings is 2. The maximum absolute atomic E-state index is 2.45. The van der Waals surface area contributed by atoms with E-state index in [2.05, 4.69) is 81.7 Å². The number of pyridine rings is 2. The first kappa shape index (κ1) is 12.7. The van der Waals surface area contributed by atoms with Gasteiger partial charge in [0, 0.05) is 11.5 Å². The average molecular weight is 329 g/mol. The van der Waals surface area contributed by atoms with Crippen molar-refractivity contribution in [3.8, 4) is 0 Å². The molecule has 6 rings (SSSR count). The molecule has 4 heteroatoms. The third-order valence-electron chi connectivity index (χ3n) is 5.20. The van der Waals surface area contributed by atoms with Gasteiger partial charge in [0.1, 0.15) is 23.3 Å². The number of hydrogen-bond donors (Lipinski definition) is 0. The second kappa shape index (κ2) is 4.02. The van der Waals surface area contributed by atoms with Crippen LogP contribution in [-0.2, 0) is 14.1 Å². The molecule has 0 aliphatic carbocycles. The molecule has 0 aliphatic heterocycles. The number of para-hydroxylation sites is 1. The van der Waals surface area contributed by atoms with Crippen molar-refractivity contribution in [3.05, 3.63) is 54.7 Å². The standard InChI is InChI=1S/C20H15N3S/c1-21-11-10-12-6-5-9-15-16(12)17(21)18-19-20(24-22(18)2)13-7-3-4-8-14(13)23(15)19/h3-11H,1-2H3/q+2. The molecule has 24 heavy (non-hydrogen) atoms. The van der Waals surface area contributed by atoms with E-state index in [1.165, 1.54) is 48.4 Å². The molecule has 0 unspecified atom stereocenters. The number of rotatable bonds is 0. The minimum absolute atomic E-state index is 1.29. The van der Waals surface area contributed by atoms with Crippen molar-refractivity contribution >= 4 is 60.0 Å². The lowest BCUT2D eigenvalue weighted by Crippen LogP contribution is -2.32. The van der Waals surface area contributed by atoms with E-state index < -0.39 is 0 Å². The van der Waals surface area contributed by atoms with Gasteiger partial charge in [-0.05, 0) is 17.5 Å². The van der Waals surface area contributed by atoms with E-state index in [0.29, 0.717) is 0 Å². The highest BCUT2D eigenvalue weighted by atomic mass is 32.1. The molecule has 4 heterocycles. The van der Waals surface area contributed by atoms with Crippen LogP contribution in [0.1, 0.15) is 0 Å². The number of nitrogens with zero attached hydrogens (tertiary/aromatic N) is 3. The topological polar surface area (TPSA) is 12.2 Å². The molecule has 0 bridgehead atoms. The first-order chi connectivity index (χ1) is 11.8. The predicted octanol–water partition coefficient (Wildman–Crippen LogP) is 3.70. The van der Waals surface area contributed by atoms with Crippen molar-refractivity contribution in [3.63, 3.8) is 0 Å². The number of aryl methyl sites for hydroxylation is 2. The number of aromatic nitrogens is 3. The van der Waals surface area contributed by atoms with E-state index >= 15 is 0 Å². The van der Waals surface area contributed by atoms with Gasteiger partial charge in [0.2, 0.25) is 0 Å². The normalized spacial score (nSPS) is 12.6. The molecule has 114 valence electrons. The van der Waals surface area contributed by atoms with Crippen LogP contribution in [0.3, 0.4) is 0 Å². The minimum Gasteiger partial charge on any atom is -0.301 e. The zero-order chi connectivity index (χ0) is 16.0. The fourth-order valence-electron chi connectivity index (χ4n) is 4.23. The lowest BCUT2D eigenvalue weighted by molar-refractivity contribution is -0.649. The van der Waals surface area contributed by atoms with Crippen LogP contribution in [0.25, 0.3) is 48.4 Å². The fraction of sp³-hybridized carbons (Fsp3) is 0.100. The third-order valence-corrected chi connectivity index (χ3v) is 6.26. The Morgan fingerprint density at radius 1 is 0.875 bits per heavy atom. The molecule has 6 aromatic rings. The second-order valence-electron chi connectivity index (χ2n) is 6.48. The summed E-state index contributed by atoms with van der Waals surface area (Å²) >= 11 is 1.84. The van der Waals surface area contributed by atoms with Gasteiger partial charge in [-0.3, -0.25) is 0 Å². The zero-order valence-corrected chi connectivity index (χ0v) is 14.3. The van der Waals surface area contributed by atoms with Gasteiger partial charge >= 0.3 is 5.52 Å². The third kappa shape index (κ3) is 1.27. The summed E-state index contributed by atoms with van der Waals surface area (Å²) in [5, 5.41) is 3.97. The van der Waals surface area contributed by atoms with Crippen molar-refractivity contribution in [1.29, 1.82) is 0 Å². The molecular formula is C20H15N3S+2. The molecule has 0 fully saturated rings. The SMILES string of the molecule is C[n+]1ccc2cccc3c2c1c1c2c(s[n+]1C)c1ccccc1n32. The lowest BCUT2D eigenvalue weighted by atomic mass is 10.1. The minimum atomic E-state index is 1.29. The van der Waals surface area contributed by atoms with E-state index in [4.69, 9.17) is 0 Å². The Kier molecular flexibility index (Phi) is 2.12. The van der Waals surface area contributed by atoms with Crippen molar-refractivity contribution < 1.29 is 8.52 Å². The highest BCUT2D eigenvalue weighted by Crippen LogP contribution is 2.39. The Labute approximate surface area is 142 Å². The summed E-state index contributed by atoms with van der Waals surface area (Å²) in [4.78, 5) is 0. The molecule has 0 aliphatic rings. The Morgan fingerprint density at radius 2 is 1.71 bits per heavy atom. The van der Waals surface area contributed by atoms with E-state index in [9.17, 15) is 0 Å². The Balaban J connectivity index is 2.17. The monoisotopic (exact) mass is 329 g/mol. The summed E-state index contributed by atoms with van der Waals surface area (Å²) in [5.74, 6) is 0. The molecular weight excluding hydrogens is 314 g/mol. The van der Waals surface area contributed by atoms with E-state index in [-0.39, 0.29) is 0 Å². The molecule has 2 aromatic carbocycles. The van der Waals surface area contributed by atoms with Gasteiger partial charge in [0.05, 0.1) is 16.4 Å². The van der Waals surface area contributed by atoms with Crippen LogP contribution in [0.5, 0.6) is 0 Å². The van der Waals surface area contributed by atoms with Gasteiger partial charge in [-0.1, -0.05) is 30.3 Å². The Hall–Kier alpha value is -2.72. The molecule has 0 spiro atoms. The molecule has 0 amide bonds. The highest BCUT2D eigenvalue weighted by molar-refractivity contribution is 7.11. The van der Waals surface area contributed by atoms with Gasteiger partial charge in [-0.2, -0.15) is 4.57 Å². The van der Waals surface area contributed by atoms with Gasteiger partial charge < -0.3 is 4.40 Å². The predicted molar refractivity (Wildman–Crippen MR) is 98.8 cm³/mol. The fourth-order valence-corrected chi connectivity index (χ4v) is 5.31. The summed E-state index contributed by atoms with van der Waals surface area (Å²) in [6.45, 7) is 0. The largest absolute Gasteiger partial charge is 0.316 e. The van der Waals surface area contributed by atoms with Gasteiger partial charge in [0.15, 0.2) is 18.8 Å². The van der Waals surface area contributed by atoms with Crippen molar-refractivity contribution in [2.45, 2.75) is 0 Å². The van der Waals surface area contributed by atoms with Crippen LogP contribution in [0, 0.1) is 0 Å². The van der Waals surface area contributed by atoms with Crippen LogP contribution < -0.4 is 8.52 Å². The summed E-state index contributed by atoms with van der Waals surface area (Å²) in [5.41, 5.74) is 6.55. The molecule has 0 radical (unpaired) electrons. The molecule has 0 saturated heterocycles. The second-order valence-corrected chi connectivity index (χ2v) is 7.62. The van der Waals surface area contributed by atoms with Crippen molar-refractivity contribution in [1.82, 2.24) is 4.40 Å². The van der Waals surface area contributed by atoms with E-state index in [1.54, 1.807) is 0 Å². The summed E-state index contributed by atoms with van der Waals surface area (Å²) in [6, 6.07) is 17.6. The van der Waals surface area contributed by atoms with Crippen LogP contribution in [-0.4, -0.2) is 4.40 Å². The van der Waals surface area contributed by atoms with Gasteiger partial charge in [0.25, 0.3) is 5.52 Å². The van der Waals surface area contributed by atoms with Crippen LogP contribution >= 0.6 is 11.5 Å². The van der Waals surface area contributed by atoms with E-state index in [1.807, 2.05) is 11.5 Å². The highest BCUT2D eigenvalue weighted by Gasteiger charge is 2.30. The summed E-state index contributed by atoms with van der Waals surface area (Å²) < 4.78 is 8.40. The van der Waals surface area contributed by atoms with Crippen molar-refractivity contribution in [2.75, 3.05) is 0 Å². The summed E-state index contributed by atoms with van der Waals surface area (Å²) in [7, 11) is 4.32. The average Bonchev–Trinajstić information content (AvgIpc) is 3.10. The lowest BCUT2D eigenvalue weighted by Gasteiger charge is -2.07. The molecule has 0 N–H and O–H groups in total. The smallest absolute Gasteiger partial charge is 0.301 e. The van der Waals surface area contributed by atoms with Crippen LogP contribution in [0.15, 0.2) is 54.7 Å². The van der Waals surface area contributed by atoms with Crippen LogP contribution in [0.4, 0.5) is 0 Å². The zero-order valence-electron chi connectivity index (χ0n) is 13.4. The first-order valence-corrected chi connectivity index (χ1v) is 8.87. The summed E-state index contributed by atoms with van der Waals surface area (Å²) in [6.07, 6.45) is 2.17. The van der Waals surface area contributed by atoms with E-state index in [0.717, 1.165) is 0 Å². The van der Waals surface area contributed by atoms with Gasteiger partial charge in [-0.25, -0.2) is 0 Å². The molecule has 0 saturated carbocycles.